The summed E-state index contributed by atoms with van der Waals surface area (Å²) >= 11 is 0. The predicted octanol–water partition coefficient (Wildman–Crippen LogP) is 2.85. The van der Waals surface area contributed by atoms with E-state index in [0.717, 1.165) is 43.7 Å². The number of piperidine rings is 1. The number of aromatic nitrogens is 2. The van der Waals surface area contributed by atoms with Crippen LogP contribution in [0.4, 0.5) is 10.2 Å². The van der Waals surface area contributed by atoms with E-state index in [9.17, 15) is 4.39 Å². The van der Waals surface area contributed by atoms with E-state index in [-0.39, 0.29) is 17.5 Å². The first-order valence-electron chi connectivity index (χ1n) is 8.85. The van der Waals surface area contributed by atoms with Gasteiger partial charge in [0.25, 0.3) is 0 Å². The molecule has 4 rings (SSSR count). The van der Waals surface area contributed by atoms with Crippen molar-refractivity contribution in [3.63, 3.8) is 0 Å². The largest absolute Gasteiger partial charge is 0.373 e. The standard InChI is InChI=1S/C19H23FN4O/c20-17-4-2-1-3-15(17)13-24-9-5-19(6-10-24)11-16(14-25-19)23-18-12-21-7-8-22-18/h1-4,7-8,12,16H,5-6,9-11,13-14H2,(H,22,23)/t16-/m0/s1. The van der Waals surface area contributed by atoms with Gasteiger partial charge in [-0.05, 0) is 25.3 Å². The van der Waals surface area contributed by atoms with Crippen LogP contribution in [0.5, 0.6) is 0 Å². The van der Waals surface area contributed by atoms with Crippen molar-refractivity contribution in [1.82, 2.24) is 14.9 Å². The average Bonchev–Trinajstić information content (AvgIpc) is 3.02. The van der Waals surface area contributed by atoms with Crippen LogP contribution >= 0.6 is 0 Å². The lowest BCUT2D eigenvalue weighted by atomic mass is 9.87. The Bertz CT molecular complexity index is 704. The van der Waals surface area contributed by atoms with Crippen LogP contribution in [0.1, 0.15) is 24.8 Å². The highest BCUT2D eigenvalue weighted by Crippen LogP contribution is 2.37. The van der Waals surface area contributed by atoms with Crippen LogP contribution in [0.2, 0.25) is 0 Å². The van der Waals surface area contributed by atoms with Crippen LogP contribution in [0.15, 0.2) is 42.9 Å². The average molecular weight is 342 g/mol. The summed E-state index contributed by atoms with van der Waals surface area (Å²) in [6.45, 7) is 3.24. The zero-order valence-corrected chi connectivity index (χ0v) is 14.2. The van der Waals surface area contributed by atoms with Gasteiger partial charge in [-0.3, -0.25) is 9.88 Å². The maximum Gasteiger partial charge on any atom is 0.144 e. The topological polar surface area (TPSA) is 50.3 Å². The molecule has 2 aliphatic heterocycles. The van der Waals surface area contributed by atoms with Gasteiger partial charge in [0, 0.05) is 37.6 Å². The molecule has 1 aromatic carbocycles. The summed E-state index contributed by atoms with van der Waals surface area (Å²) in [5.74, 6) is 0.679. The van der Waals surface area contributed by atoms with Gasteiger partial charge < -0.3 is 10.1 Å². The SMILES string of the molecule is Fc1ccccc1CN1CCC2(CC1)C[C@H](Nc1cnccn1)CO2. The molecule has 1 atom stereocenters. The first-order valence-corrected chi connectivity index (χ1v) is 8.85. The second kappa shape index (κ2) is 7.06. The highest BCUT2D eigenvalue weighted by atomic mass is 19.1. The second-order valence-corrected chi connectivity index (χ2v) is 7.00. The van der Waals surface area contributed by atoms with Gasteiger partial charge >= 0.3 is 0 Å². The molecule has 2 aliphatic rings. The van der Waals surface area contributed by atoms with Crippen LogP contribution < -0.4 is 5.32 Å². The fourth-order valence-corrected chi connectivity index (χ4v) is 3.85. The monoisotopic (exact) mass is 342 g/mol. The van der Waals surface area contributed by atoms with Crippen LogP contribution in [0.25, 0.3) is 0 Å². The molecule has 2 saturated heterocycles. The Hall–Kier alpha value is -2.05. The minimum Gasteiger partial charge on any atom is -0.373 e. The van der Waals surface area contributed by atoms with Crippen molar-refractivity contribution in [1.29, 1.82) is 0 Å². The molecule has 2 aromatic rings. The summed E-state index contributed by atoms with van der Waals surface area (Å²) in [5.41, 5.74) is 0.721. The zero-order chi connectivity index (χ0) is 17.1. The van der Waals surface area contributed by atoms with E-state index in [4.69, 9.17) is 4.74 Å². The number of benzene rings is 1. The first kappa shape index (κ1) is 16.4. The maximum absolute atomic E-state index is 13.8. The molecule has 5 nitrogen and oxygen atoms in total. The van der Waals surface area contributed by atoms with Crippen molar-refractivity contribution in [2.24, 2.45) is 0 Å². The molecular weight excluding hydrogens is 319 g/mol. The van der Waals surface area contributed by atoms with Crippen molar-refractivity contribution in [2.75, 3.05) is 25.0 Å². The zero-order valence-electron chi connectivity index (χ0n) is 14.2. The summed E-state index contributed by atoms with van der Waals surface area (Å²) in [6, 6.07) is 7.30. The maximum atomic E-state index is 13.8. The molecule has 132 valence electrons. The third kappa shape index (κ3) is 3.80. The van der Waals surface area contributed by atoms with Crippen molar-refractivity contribution in [3.05, 3.63) is 54.2 Å². The Labute approximate surface area is 147 Å². The first-order chi connectivity index (χ1) is 12.2. The van der Waals surface area contributed by atoms with Crippen LogP contribution in [0.3, 0.4) is 0 Å². The highest BCUT2D eigenvalue weighted by Gasteiger charge is 2.42. The van der Waals surface area contributed by atoms with E-state index in [1.165, 1.54) is 6.07 Å². The fraction of sp³-hybridized carbons (Fsp3) is 0.474. The minimum absolute atomic E-state index is 0.0500. The number of anilines is 1. The number of ether oxygens (including phenoxy) is 1. The van der Waals surface area contributed by atoms with Crippen LogP contribution in [0, 0.1) is 5.82 Å². The number of hydrogen-bond donors (Lipinski definition) is 1. The van der Waals surface area contributed by atoms with Crippen LogP contribution in [-0.4, -0.2) is 46.2 Å². The van der Waals surface area contributed by atoms with E-state index in [2.05, 4.69) is 20.2 Å². The predicted molar refractivity (Wildman–Crippen MR) is 93.7 cm³/mol. The van der Waals surface area contributed by atoms with Gasteiger partial charge in [0.2, 0.25) is 0 Å². The van der Waals surface area contributed by atoms with Gasteiger partial charge in [-0.25, -0.2) is 9.37 Å². The number of nitrogens with zero attached hydrogens (tertiary/aromatic N) is 3. The van der Waals surface area contributed by atoms with Crippen molar-refractivity contribution in [2.45, 2.75) is 37.5 Å². The molecule has 0 unspecified atom stereocenters. The lowest BCUT2D eigenvalue weighted by Gasteiger charge is -2.38. The Morgan fingerprint density at radius 2 is 2.08 bits per heavy atom. The lowest BCUT2D eigenvalue weighted by Crippen LogP contribution is -2.44. The molecule has 1 N–H and O–H groups in total. The Morgan fingerprint density at radius 3 is 2.84 bits per heavy atom. The normalized spacial score (nSPS) is 23.0. The summed E-state index contributed by atoms with van der Waals surface area (Å²) < 4.78 is 20.0. The van der Waals surface area contributed by atoms with Crippen molar-refractivity contribution < 1.29 is 9.13 Å². The van der Waals surface area contributed by atoms with Crippen molar-refractivity contribution >= 4 is 5.82 Å². The number of rotatable bonds is 4. The van der Waals surface area contributed by atoms with Gasteiger partial charge in [-0.1, -0.05) is 18.2 Å². The quantitative estimate of drug-likeness (QED) is 0.926. The Morgan fingerprint density at radius 1 is 1.24 bits per heavy atom. The van der Waals surface area contributed by atoms with E-state index in [0.29, 0.717) is 13.2 Å². The van der Waals surface area contributed by atoms with E-state index in [1.807, 2.05) is 12.1 Å². The van der Waals surface area contributed by atoms with Crippen molar-refractivity contribution in [3.8, 4) is 0 Å². The molecule has 1 aromatic heterocycles. The summed E-state index contributed by atoms with van der Waals surface area (Å²) in [6.07, 6.45) is 8.05. The third-order valence-corrected chi connectivity index (χ3v) is 5.24. The summed E-state index contributed by atoms with van der Waals surface area (Å²) in [5, 5.41) is 3.41. The molecule has 0 bridgehead atoms. The highest BCUT2D eigenvalue weighted by molar-refractivity contribution is 5.32. The number of nitrogens with one attached hydrogen (secondary N) is 1. The molecule has 6 heteroatoms. The molecule has 2 fully saturated rings. The van der Waals surface area contributed by atoms with Gasteiger partial charge in [-0.2, -0.15) is 0 Å². The molecular formula is C19H23FN4O. The summed E-state index contributed by atoms with van der Waals surface area (Å²) in [7, 11) is 0. The second-order valence-electron chi connectivity index (χ2n) is 7.00. The minimum atomic E-state index is -0.117. The molecule has 25 heavy (non-hydrogen) atoms. The number of likely N-dealkylation sites (tertiary alicyclic amines) is 1. The lowest BCUT2D eigenvalue weighted by molar-refractivity contribution is -0.0449. The molecule has 0 aliphatic carbocycles. The van der Waals surface area contributed by atoms with Gasteiger partial charge in [0.15, 0.2) is 0 Å². The molecule has 1 spiro atoms. The molecule has 0 radical (unpaired) electrons. The van der Waals surface area contributed by atoms with Gasteiger partial charge in [0.05, 0.1) is 24.4 Å². The van der Waals surface area contributed by atoms with Crippen LogP contribution in [-0.2, 0) is 11.3 Å². The molecule has 0 amide bonds. The van der Waals surface area contributed by atoms with Gasteiger partial charge in [0.1, 0.15) is 11.6 Å². The molecule has 0 saturated carbocycles. The van der Waals surface area contributed by atoms with E-state index in [1.54, 1.807) is 24.7 Å². The number of hydrogen-bond acceptors (Lipinski definition) is 5. The molecule has 3 heterocycles. The van der Waals surface area contributed by atoms with E-state index >= 15 is 0 Å². The number of halogens is 1. The van der Waals surface area contributed by atoms with E-state index < -0.39 is 0 Å². The fourth-order valence-electron chi connectivity index (χ4n) is 3.85. The summed E-state index contributed by atoms with van der Waals surface area (Å²) in [4.78, 5) is 10.7. The smallest absolute Gasteiger partial charge is 0.144 e. The Kier molecular flexibility index (Phi) is 4.63. The third-order valence-electron chi connectivity index (χ3n) is 5.24. The Balaban J connectivity index is 1.30. The van der Waals surface area contributed by atoms with Gasteiger partial charge in [-0.15, -0.1) is 0 Å².